The highest BCUT2D eigenvalue weighted by Gasteiger charge is 2.47. The van der Waals surface area contributed by atoms with Crippen molar-refractivity contribution in [3.05, 3.63) is 6.20 Å². The van der Waals surface area contributed by atoms with Crippen LogP contribution in [-0.2, 0) is 9.47 Å². The molecular formula is C22H29N5O4S. The zero-order valence-electron chi connectivity index (χ0n) is 18.4. The third kappa shape index (κ3) is 3.39. The highest BCUT2D eigenvalue weighted by Crippen LogP contribution is 2.44. The number of ether oxygens (including phenoxy) is 3. The number of carbonyl (C=O) groups is 1. The smallest absolute Gasteiger partial charge is 0.323 e. The lowest BCUT2D eigenvalue weighted by Gasteiger charge is -2.48. The Labute approximate surface area is 191 Å². The number of aromatic nitrogens is 2. The number of hydrogen-bond donors (Lipinski definition) is 1. The fourth-order valence-electron chi connectivity index (χ4n) is 5.62. The van der Waals surface area contributed by atoms with Gasteiger partial charge in [0.2, 0.25) is 5.88 Å². The van der Waals surface area contributed by atoms with Gasteiger partial charge >= 0.3 is 6.03 Å². The number of anilines is 2. The van der Waals surface area contributed by atoms with E-state index >= 15 is 0 Å². The summed E-state index contributed by atoms with van der Waals surface area (Å²) in [6, 6.07) is -0.0804. The van der Waals surface area contributed by atoms with Crippen LogP contribution in [0.4, 0.5) is 15.6 Å². The second-order valence-electron chi connectivity index (χ2n) is 9.55. The normalized spacial score (nSPS) is 23.8. The summed E-state index contributed by atoms with van der Waals surface area (Å²) in [6.07, 6.45) is 7.21. The molecule has 2 aromatic rings. The molecule has 0 aromatic carbocycles. The number of likely N-dealkylation sites (tertiary alicyclic amines) is 1. The van der Waals surface area contributed by atoms with E-state index in [0.29, 0.717) is 16.5 Å². The van der Waals surface area contributed by atoms with Crippen LogP contribution in [0.1, 0.15) is 32.1 Å². The van der Waals surface area contributed by atoms with Gasteiger partial charge in [0.15, 0.2) is 5.13 Å². The van der Waals surface area contributed by atoms with Crippen LogP contribution in [0.2, 0.25) is 0 Å². The summed E-state index contributed by atoms with van der Waals surface area (Å²) in [5.41, 5.74) is 1.95. The molecule has 9 nitrogen and oxygen atoms in total. The molecule has 2 amide bonds. The van der Waals surface area contributed by atoms with Crippen molar-refractivity contribution in [2.45, 2.75) is 37.7 Å². The summed E-state index contributed by atoms with van der Waals surface area (Å²) in [5.74, 6) is 0.482. The molecule has 10 heteroatoms. The lowest BCUT2D eigenvalue weighted by molar-refractivity contribution is -0.0179. The molecule has 0 radical (unpaired) electrons. The van der Waals surface area contributed by atoms with Gasteiger partial charge in [0.05, 0.1) is 23.7 Å². The molecule has 0 unspecified atom stereocenters. The third-order valence-electron chi connectivity index (χ3n) is 7.54. The van der Waals surface area contributed by atoms with Crippen LogP contribution in [0.15, 0.2) is 6.20 Å². The second-order valence-corrected chi connectivity index (χ2v) is 10.6. The van der Waals surface area contributed by atoms with Gasteiger partial charge < -0.3 is 24.0 Å². The Hall–Kier alpha value is -2.17. The van der Waals surface area contributed by atoms with Crippen molar-refractivity contribution in [2.75, 3.05) is 63.3 Å². The van der Waals surface area contributed by atoms with Gasteiger partial charge in [-0.25, -0.2) is 14.8 Å². The average Bonchev–Trinajstić information content (AvgIpc) is 3.51. The lowest BCUT2D eigenvalue weighted by Crippen LogP contribution is -2.61. The number of amides is 2. The Morgan fingerprint density at radius 1 is 1.19 bits per heavy atom. The number of pyridine rings is 1. The van der Waals surface area contributed by atoms with Gasteiger partial charge in [0, 0.05) is 46.0 Å². The van der Waals surface area contributed by atoms with Crippen molar-refractivity contribution in [3.8, 4) is 5.88 Å². The predicted octanol–water partition coefficient (Wildman–Crippen LogP) is 3.10. The Bertz CT molecular complexity index is 1020. The quantitative estimate of drug-likeness (QED) is 0.754. The summed E-state index contributed by atoms with van der Waals surface area (Å²) in [5, 5.41) is 3.62. The van der Waals surface area contributed by atoms with Crippen LogP contribution >= 0.6 is 11.3 Å². The van der Waals surface area contributed by atoms with E-state index in [1.165, 1.54) is 11.3 Å². The van der Waals surface area contributed by atoms with Crippen molar-refractivity contribution in [1.29, 1.82) is 0 Å². The van der Waals surface area contributed by atoms with Gasteiger partial charge in [0.1, 0.15) is 11.1 Å². The van der Waals surface area contributed by atoms with Crippen molar-refractivity contribution >= 4 is 38.4 Å². The van der Waals surface area contributed by atoms with E-state index in [4.69, 9.17) is 14.2 Å². The van der Waals surface area contributed by atoms with Gasteiger partial charge in [-0.2, -0.15) is 0 Å². The molecule has 0 aliphatic carbocycles. The van der Waals surface area contributed by atoms with Gasteiger partial charge in [0.25, 0.3) is 0 Å². The largest absolute Gasteiger partial charge is 0.479 e. The predicted molar refractivity (Wildman–Crippen MR) is 122 cm³/mol. The molecule has 0 atom stereocenters. The minimum Gasteiger partial charge on any atom is -0.479 e. The van der Waals surface area contributed by atoms with Crippen molar-refractivity contribution < 1.29 is 19.0 Å². The van der Waals surface area contributed by atoms with Crippen molar-refractivity contribution in [3.63, 3.8) is 0 Å². The minimum absolute atomic E-state index is 0.00382. The van der Waals surface area contributed by atoms with Crippen LogP contribution in [0, 0.1) is 5.41 Å². The molecule has 4 fully saturated rings. The monoisotopic (exact) mass is 459 g/mol. The molecule has 6 heterocycles. The maximum Gasteiger partial charge on any atom is 0.323 e. The number of nitrogens with zero attached hydrogens (tertiary/aromatic N) is 4. The standard InChI is InChI=1S/C22H29N5O4S/c1-29-18-16-17(15(11-23-18)27-13-22(14-27)3-2-8-31-22)32-19(24-16)25-20(28)26-7-4-21(12-26)5-9-30-10-6-21/h11H,2-10,12-14H2,1H3,(H,24,25,28). The molecule has 172 valence electrons. The summed E-state index contributed by atoms with van der Waals surface area (Å²) < 4.78 is 17.9. The maximum atomic E-state index is 13.0. The van der Waals surface area contributed by atoms with Crippen LogP contribution < -0.4 is 15.0 Å². The minimum atomic E-state index is -0.0804. The van der Waals surface area contributed by atoms with E-state index in [0.717, 1.165) is 88.5 Å². The van der Waals surface area contributed by atoms with E-state index in [1.54, 1.807) is 7.11 Å². The fourth-order valence-corrected chi connectivity index (χ4v) is 6.61. The van der Waals surface area contributed by atoms with E-state index in [-0.39, 0.29) is 17.0 Å². The maximum absolute atomic E-state index is 13.0. The molecular weight excluding hydrogens is 430 g/mol. The number of thiazole rings is 1. The number of nitrogens with one attached hydrogen (secondary N) is 1. The summed E-state index contributed by atoms with van der Waals surface area (Å²) >= 11 is 1.48. The Balaban J connectivity index is 1.21. The van der Waals surface area contributed by atoms with E-state index < -0.39 is 0 Å². The summed E-state index contributed by atoms with van der Waals surface area (Å²) in [7, 11) is 1.60. The number of urea groups is 1. The average molecular weight is 460 g/mol. The van der Waals surface area contributed by atoms with Gasteiger partial charge in [-0.3, -0.25) is 5.32 Å². The van der Waals surface area contributed by atoms with Gasteiger partial charge in [-0.15, -0.1) is 0 Å². The van der Waals surface area contributed by atoms with Crippen molar-refractivity contribution in [1.82, 2.24) is 14.9 Å². The van der Waals surface area contributed by atoms with E-state index in [9.17, 15) is 4.79 Å². The van der Waals surface area contributed by atoms with Crippen LogP contribution in [-0.4, -0.2) is 79.6 Å². The van der Waals surface area contributed by atoms with Crippen LogP contribution in [0.25, 0.3) is 10.2 Å². The second kappa shape index (κ2) is 7.71. The first-order chi connectivity index (χ1) is 15.6. The summed E-state index contributed by atoms with van der Waals surface area (Å²) in [4.78, 5) is 26.4. The number of rotatable bonds is 3. The molecule has 4 aliphatic rings. The van der Waals surface area contributed by atoms with Crippen LogP contribution in [0.5, 0.6) is 5.88 Å². The summed E-state index contributed by atoms with van der Waals surface area (Å²) in [6.45, 7) is 5.76. The molecule has 2 spiro atoms. The Kier molecular flexibility index (Phi) is 4.92. The van der Waals surface area contributed by atoms with Crippen molar-refractivity contribution in [2.24, 2.45) is 5.41 Å². The van der Waals surface area contributed by atoms with Crippen LogP contribution in [0.3, 0.4) is 0 Å². The van der Waals surface area contributed by atoms with E-state index in [1.807, 2.05) is 11.1 Å². The van der Waals surface area contributed by atoms with Gasteiger partial charge in [-0.05, 0) is 37.5 Å². The lowest BCUT2D eigenvalue weighted by atomic mass is 9.80. The zero-order chi connectivity index (χ0) is 21.8. The number of carbonyl (C=O) groups excluding carboxylic acids is 1. The molecule has 0 saturated carbocycles. The Morgan fingerprint density at radius 2 is 2.03 bits per heavy atom. The topological polar surface area (TPSA) is 89.1 Å². The first-order valence-electron chi connectivity index (χ1n) is 11.4. The zero-order valence-corrected chi connectivity index (χ0v) is 19.2. The highest BCUT2D eigenvalue weighted by atomic mass is 32.1. The molecule has 0 bridgehead atoms. The molecule has 32 heavy (non-hydrogen) atoms. The molecule has 2 aromatic heterocycles. The number of fused-ring (bicyclic) bond motifs is 1. The highest BCUT2D eigenvalue weighted by molar-refractivity contribution is 7.23. The fraction of sp³-hybridized carbons (Fsp3) is 0.682. The number of hydrogen-bond acceptors (Lipinski definition) is 8. The Morgan fingerprint density at radius 3 is 2.78 bits per heavy atom. The molecule has 1 N–H and O–H groups in total. The third-order valence-corrected chi connectivity index (χ3v) is 8.53. The molecule has 4 aliphatic heterocycles. The van der Waals surface area contributed by atoms with E-state index in [2.05, 4.69) is 20.2 Å². The van der Waals surface area contributed by atoms with Gasteiger partial charge in [-0.1, -0.05) is 11.3 Å². The molecule has 6 rings (SSSR count). The number of methoxy groups -OCH3 is 1. The SMILES string of the molecule is COc1ncc(N2CC3(CCCO3)C2)c2sc(NC(=O)N3CCC4(CCOCC4)C3)nc12. The first-order valence-corrected chi connectivity index (χ1v) is 12.3. The first kappa shape index (κ1) is 20.4. The molecule has 4 saturated heterocycles.